The van der Waals surface area contributed by atoms with E-state index in [4.69, 9.17) is 28.7 Å². The van der Waals surface area contributed by atoms with Crippen LogP contribution in [0.3, 0.4) is 0 Å². The average Bonchev–Trinajstić information content (AvgIpc) is 2.92. The summed E-state index contributed by atoms with van der Waals surface area (Å²) in [7, 11) is 0. The van der Waals surface area contributed by atoms with E-state index in [2.05, 4.69) is 12.2 Å². The second kappa shape index (κ2) is 15.3. The minimum Gasteiger partial charge on any atom is -0.486 e. The number of pyridine rings is 1. The molecule has 0 saturated heterocycles. The largest absolute Gasteiger partial charge is 0.486 e. The SMILES string of the molecule is CCCSCCCNC(=O)c1c2cccc3c2nc2c(cccc12)O[C@H](C)COCCOCCOC[C@@H](C)O3. The van der Waals surface area contributed by atoms with Gasteiger partial charge < -0.3 is 29.0 Å². The van der Waals surface area contributed by atoms with Crippen molar-refractivity contribution >= 4 is 39.5 Å². The number of amides is 1. The number of hydrogen-bond acceptors (Lipinski definition) is 8. The summed E-state index contributed by atoms with van der Waals surface area (Å²) in [5.74, 6) is 3.23. The molecule has 1 amide bonds. The minimum atomic E-state index is -0.222. The number of nitrogens with one attached hydrogen (secondary N) is 1. The summed E-state index contributed by atoms with van der Waals surface area (Å²) in [6, 6.07) is 11.4. The Morgan fingerprint density at radius 1 is 0.872 bits per heavy atom. The molecule has 0 unspecified atom stereocenters. The van der Waals surface area contributed by atoms with Gasteiger partial charge in [-0.15, -0.1) is 0 Å². The highest BCUT2D eigenvalue weighted by Crippen LogP contribution is 2.35. The topological polar surface area (TPSA) is 88.1 Å². The van der Waals surface area contributed by atoms with Crippen LogP contribution in [0.5, 0.6) is 11.5 Å². The maximum absolute atomic E-state index is 13.7. The van der Waals surface area contributed by atoms with E-state index in [0.29, 0.717) is 74.3 Å². The molecule has 0 spiro atoms. The maximum atomic E-state index is 13.7. The van der Waals surface area contributed by atoms with Gasteiger partial charge in [-0.3, -0.25) is 4.79 Å². The molecule has 1 N–H and O–H groups in total. The average molecular weight is 557 g/mol. The zero-order valence-corrected chi connectivity index (χ0v) is 24.0. The Morgan fingerprint density at radius 3 is 2.00 bits per heavy atom. The summed E-state index contributed by atoms with van der Waals surface area (Å²) < 4.78 is 29.6. The van der Waals surface area contributed by atoms with E-state index in [1.807, 2.05) is 62.0 Å². The number of hydrogen-bond donors (Lipinski definition) is 1. The summed E-state index contributed by atoms with van der Waals surface area (Å²) in [6.07, 6.45) is 1.63. The van der Waals surface area contributed by atoms with E-state index in [0.717, 1.165) is 35.1 Å². The van der Waals surface area contributed by atoms with Crippen molar-refractivity contribution in [1.82, 2.24) is 10.3 Å². The van der Waals surface area contributed by atoms with Crippen molar-refractivity contribution in [3.63, 3.8) is 0 Å². The van der Waals surface area contributed by atoms with Crippen molar-refractivity contribution < 1.29 is 28.5 Å². The van der Waals surface area contributed by atoms with Crippen molar-refractivity contribution in [2.24, 2.45) is 0 Å². The molecule has 0 radical (unpaired) electrons. The highest BCUT2D eigenvalue weighted by atomic mass is 32.2. The highest BCUT2D eigenvalue weighted by molar-refractivity contribution is 7.99. The molecule has 0 fully saturated rings. The molecule has 4 rings (SSSR count). The summed E-state index contributed by atoms with van der Waals surface area (Å²) in [5.41, 5.74) is 1.81. The van der Waals surface area contributed by atoms with Crippen LogP contribution in [0.1, 0.15) is 44.0 Å². The van der Waals surface area contributed by atoms with E-state index < -0.39 is 0 Å². The summed E-state index contributed by atoms with van der Waals surface area (Å²) >= 11 is 1.92. The first-order valence-corrected chi connectivity index (χ1v) is 15.0. The normalized spacial score (nSPS) is 19.4. The molecule has 8 nitrogen and oxygen atoms in total. The van der Waals surface area contributed by atoms with Crippen molar-refractivity contribution in [1.29, 1.82) is 0 Å². The minimum absolute atomic E-state index is 0.128. The molecule has 9 heteroatoms. The molecular weight excluding hydrogens is 516 g/mol. The van der Waals surface area contributed by atoms with Crippen LogP contribution in [-0.4, -0.2) is 80.8 Å². The third kappa shape index (κ3) is 8.20. The van der Waals surface area contributed by atoms with Crippen LogP contribution in [0.4, 0.5) is 0 Å². The standard InChI is InChI=1S/C30H40N2O6S/c1-4-17-39-18-7-12-31-30(33)27-23-8-5-10-25-28(23)32-29-24(27)9-6-11-26(29)38-22(3)20-36-16-14-34-13-15-35-19-21(2)37-25/h5-6,8-11,21-22H,4,7,12-20H2,1-3H3,(H,31,33)/t21-,22-/m1/s1. The van der Waals surface area contributed by atoms with Crippen LogP contribution >= 0.6 is 11.8 Å². The molecule has 212 valence electrons. The molecule has 2 heterocycles. The fourth-order valence-electron chi connectivity index (χ4n) is 4.42. The number of nitrogens with zero attached hydrogens (tertiary/aromatic N) is 1. The number of carbonyl (C=O) groups excluding carboxylic acids is 1. The number of rotatable bonds is 7. The Balaban J connectivity index is 1.73. The molecule has 1 aliphatic rings. The van der Waals surface area contributed by atoms with Crippen LogP contribution in [0.2, 0.25) is 0 Å². The second-order valence-corrected chi connectivity index (χ2v) is 10.9. The van der Waals surface area contributed by atoms with Gasteiger partial charge in [0.15, 0.2) is 0 Å². The van der Waals surface area contributed by atoms with Crippen LogP contribution in [0, 0.1) is 0 Å². The predicted molar refractivity (Wildman–Crippen MR) is 156 cm³/mol. The number of thioether (sulfide) groups is 1. The zero-order valence-electron chi connectivity index (χ0n) is 23.2. The van der Waals surface area contributed by atoms with E-state index in [1.165, 1.54) is 0 Å². The van der Waals surface area contributed by atoms with Gasteiger partial charge >= 0.3 is 0 Å². The monoisotopic (exact) mass is 556 g/mol. The lowest BCUT2D eigenvalue weighted by molar-refractivity contribution is -0.0114. The van der Waals surface area contributed by atoms with Gasteiger partial charge in [0.1, 0.15) is 34.7 Å². The smallest absolute Gasteiger partial charge is 0.252 e. The molecule has 0 saturated carbocycles. The summed E-state index contributed by atoms with van der Waals surface area (Å²) in [4.78, 5) is 18.7. The summed E-state index contributed by atoms with van der Waals surface area (Å²) in [6.45, 7) is 9.40. The Morgan fingerprint density at radius 2 is 1.44 bits per heavy atom. The Labute approximate surface area is 235 Å². The third-order valence-corrected chi connectivity index (χ3v) is 7.47. The van der Waals surface area contributed by atoms with Gasteiger partial charge in [-0.2, -0.15) is 11.8 Å². The zero-order chi connectivity index (χ0) is 27.5. The first kappa shape index (κ1) is 29.4. The summed E-state index contributed by atoms with van der Waals surface area (Å²) in [5, 5.41) is 4.61. The molecule has 0 aliphatic carbocycles. The fourth-order valence-corrected chi connectivity index (χ4v) is 5.26. The van der Waals surface area contributed by atoms with E-state index >= 15 is 0 Å². The third-order valence-electron chi connectivity index (χ3n) is 6.19. The van der Waals surface area contributed by atoms with E-state index in [9.17, 15) is 4.79 Å². The van der Waals surface area contributed by atoms with Crippen molar-refractivity contribution in [2.45, 2.75) is 45.8 Å². The first-order valence-electron chi connectivity index (χ1n) is 13.9. The van der Waals surface area contributed by atoms with Crippen LogP contribution in [0.25, 0.3) is 21.8 Å². The van der Waals surface area contributed by atoms with Crippen LogP contribution in [-0.2, 0) is 14.2 Å². The van der Waals surface area contributed by atoms with Crippen LogP contribution < -0.4 is 14.8 Å². The Kier molecular flexibility index (Phi) is 11.5. The van der Waals surface area contributed by atoms with Gasteiger partial charge in [-0.25, -0.2) is 4.98 Å². The number of benzene rings is 2. The van der Waals surface area contributed by atoms with Gasteiger partial charge in [0.25, 0.3) is 5.91 Å². The van der Waals surface area contributed by atoms with Gasteiger partial charge in [-0.05, 0) is 50.3 Å². The molecule has 1 aliphatic heterocycles. The van der Waals surface area contributed by atoms with Crippen molar-refractivity contribution in [3.05, 3.63) is 42.0 Å². The molecule has 2 bridgehead atoms. The number of aromatic nitrogens is 1. The maximum Gasteiger partial charge on any atom is 0.252 e. The van der Waals surface area contributed by atoms with E-state index in [-0.39, 0.29) is 18.1 Å². The van der Waals surface area contributed by atoms with Gasteiger partial charge in [0.2, 0.25) is 0 Å². The number of para-hydroxylation sites is 2. The molecule has 39 heavy (non-hydrogen) atoms. The quantitative estimate of drug-likeness (QED) is 0.312. The molecule has 1 aromatic heterocycles. The van der Waals surface area contributed by atoms with Gasteiger partial charge in [-0.1, -0.05) is 31.2 Å². The Bertz CT molecular complexity index is 1150. The number of carbonyl (C=O) groups is 1. The lowest BCUT2D eigenvalue weighted by Crippen LogP contribution is -2.26. The highest BCUT2D eigenvalue weighted by Gasteiger charge is 2.21. The number of ether oxygens (including phenoxy) is 5. The van der Waals surface area contributed by atoms with Crippen molar-refractivity contribution in [2.75, 3.05) is 57.7 Å². The molecule has 2 aromatic carbocycles. The lowest BCUT2D eigenvalue weighted by atomic mass is 10.0. The van der Waals surface area contributed by atoms with Gasteiger partial charge in [0.05, 0.1) is 45.2 Å². The van der Waals surface area contributed by atoms with Gasteiger partial charge in [0, 0.05) is 17.3 Å². The molecule has 2 atom stereocenters. The van der Waals surface area contributed by atoms with Crippen molar-refractivity contribution in [3.8, 4) is 11.5 Å². The predicted octanol–water partition coefficient (Wildman–Crippen LogP) is 5.25. The Hall–Kier alpha value is -2.59. The molecule has 3 aromatic rings. The van der Waals surface area contributed by atoms with Crippen LogP contribution in [0.15, 0.2) is 36.4 Å². The molecular formula is C30H40N2O6S. The first-order chi connectivity index (χ1) is 19.1. The lowest BCUT2D eigenvalue weighted by Gasteiger charge is -2.20. The second-order valence-electron chi connectivity index (χ2n) is 9.63. The van der Waals surface area contributed by atoms with E-state index in [1.54, 1.807) is 0 Å². The fraction of sp³-hybridized carbons (Fsp3) is 0.533.